The van der Waals surface area contributed by atoms with Crippen molar-refractivity contribution in [3.8, 4) is 0 Å². The van der Waals surface area contributed by atoms with E-state index < -0.39 is 5.91 Å². The summed E-state index contributed by atoms with van der Waals surface area (Å²) in [4.78, 5) is 17.9. The number of ether oxygens (including phenoxy) is 1. The third-order valence-corrected chi connectivity index (χ3v) is 2.71. The molecule has 1 unspecified atom stereocenters. The Morgan fingerprint density at radius 3 is 1.58 bits per heavy atom. The van der Waals surface area contributed by atoms with Crippen LogP contribution in [0.1, 0.15) is 6.92 Å². The molecule has 1 aromatic heterocycles. The molecule has 1 aromatic rings. The highest BCUT2D eigenvalue weighted by Gasteiger charge is 2.29. The summed E-state index contributed by atoms with van der Waals surface area (Å²) >= 11 is 0. The van der Waals surface area contributed by atoms with Gasteiger partial charge in [0.1, 0.15) is 0 Å². The van der Waals surface area contributed by atoms with E-state index in [-0.39, 0.29) is 0 Å². The van der Waals surface area contributed by atoms with Crippen LogP contribution in [-0.2, 0) is 4.74 Å². The summed E-state index contributed by atoms with van der Waals surface area (Å²) < 4.78 is 5.01. The molecule has 1 N–H and O–H groups in total. The first-order valence-corrected chi connectivity index (χ1v) is 5.81. The van der Waals surface area contributed by atoms with Gasteiger partial charge in [-0.1, -0.05) is 0 Å². The van der Waals surface area contributed by atoms with Crippen LogP contribution in [0.25, 0.3) is 0 Å². The Morgan fingerprint density at radius 1 is 0.895 bits per heavy atom. The van der Waals surface area contributed by atoms with E-state index in [4.69, 9.17) is 4.74 Å². The Labute approximate surface area is 113 Å². The average Bonchev–Trinajstić information content (AvgIpc) is 2.37. The number of nitrogens with zero attached hydrogens (tertiary/aromatic N) is 6. The maximum absolute atomic E-state index is 10.1. The lowest BCUT2D eigenvalue weighted by atomic mass is 10.5. The number of hydrogen-bond acceptors (Lipinski definition) is 8. The van der Waals surface area contributed by atoms with Crippen molar-refractivity contribution in [2.24, 2.45) is 0 Å². The fourth-order valence-corrected chi connectivity index (χ4v) is 1.22. The van der Waals surface area contributed by atoms with E-state index in [1.54, 1.807) is 16.8 Å². The van der Waals surface area contributed by atoms with Crippen molar-refractivity contribution in [3.63, 3.8) is 0 Å². The predicted octanol–water partition coefficient (Wildman–Crippen LogP) is -0.248. The van der Waals surface area contributed by atoms with Gasteiger partial charge in [0.25, 0.3) is 0 Å². The molecule has 108 valence electrons. The molecule has 8 heteroatoms. The molecule has 0 aliphatic rings. The molecule has 0 fully saturated rings. The van der Waals surface area contributed by atoms with Crippen molar-refractivity contribution in [3.05, 3.63) is 0 Å². The Kier molecular flexibility index (Phi) is 4.48. The van der Waals surface area contributed by atoms with Crippen molar-refractivity contribution in [2.45, 2.75) is 12.8 Å². The number of rotatable bonds is 5. The lowest BCUT2D eigenvalue weighted by Gasteiger charge is -2.32. The maximum atomic E-state index is 10.1. The predicted molar refractivity (Wildman–Crippen MR) is 74.5 cm³/mol. The van der Waals surface area contributed by atoms with Crippen LogP contribution >= 0.6 is 0 Å². The van der Waals surface area contributed by atoms with E-state index in [2.05, 4.69) is 15.0 Å². The second-order valence-corrected chi connectivity index (χ2v) is 4.72. The van der Waals surface area contributed by atoms with E-state index >= 15 is 0 Å². The van der Waals surface area contributed by atoms with Crippen LogP contribution in [0.15, 0.2) is 0 Å². The minimum absolute atomic E-state index is 0.328. The van der Waals surface area contributed by atoms with E-state index in [9.17, 15) is 5.11 Å². The van der Waals surface area contributed by atoms with Crippen molar-refractivity contribution >= 4 is 17.8 Å². The smallest absolute Gasteiger partial charge is 0.248 e. The zero-order valence-electron chi connectivity index (χ0n) is 12.5. The van der Waals surface area contributed by atoms with Crippen LogP contribution < -0.4 is 14.7 Å². The van der Waals surface area contributed by atoms with Gasteiger partial charge in [-0.2, -0.15) is 15.0 Å². The Morgan fingerprint density at radius 2 is 1.26 bits per heavy atom. The highest BCUT2D eigenvalue weighted by atomic mass is 16.6. The molecule has 0 saturated carbocycles. The molecule has 0 saturated heterocycles. The van der Waals surface area contributed by atoms with Crippen molar-refractivity contribution in [2.75, 3.05) is 57.0 Å². The number of aromatic nitrogens is 3. The number of methoxy groups -OCH3 is 1. The second kappa shape index (κ2) is 5.54. The van der Waals surface area contributed by atoms with Gasteiger partial charge >= 0.3 is 0 Å². The molecule has 0 aliphatic carbocycles. The quantitative estimate of drug-likeness (QED) is 0.734. The molecule has 0 amide bonds. The monoisotopic (exact) mass is 270 g/mol. The van der Waals surface area contributed by atoms with Crippen LogP contribution in [0.4, 0.5) is 17.8 Å². The van der Waals surface area contributed by atoms with E-state index in [0.29, 0.717) is 17.8 Å². The summed E-state index contributed by atoms with van der Waals surface area (Å²) in [5.74, 6) is -0.150. The van der Waals surface area contributed by atoms with Gasteiger partial charge in [-0.3, -0.25) is 4.90 Å². The molecule has 0 aromatic carbocycles. The van der Waals surface area contributed by atoms with Crippen molar-refractivity contribution < 1.29 is 9.84 Å². The molecule has 1 rings (SSSR count). The maximum Gasteiger partial charge on any atom is 0.248 e. The van der Waals surface area contributed by atoms with Crippen LogP contribution in [-0.4, -0.2) is 68.3 Å². The van der Waals surface area contributed by atoms with E-state index in [1.165, 1.54) is 18.9 Å². The van der Waals surface area contributed by atoms with Gasteiger partial charge in [-0.25, -0.2) is 0 Å². The molecule has 8 nitrogen and oxygen atoms in total. The third-order valence-electron chi connectivity index (χ3n) is 2.71. The first-order chi connectivity index (χ1) is 8.69. The summed E-state index contributed by atoms with van der Waals surface area (Å²) in [7, 11) is 10.4. The molecule has 1 atom stereocenters. The van der Waals surface area contributed by atoms with Crippen LogP contribution in [0.2, 0.25) is 0 Å². The number of anilines is 3. The number of hydrogen-bond donors (Lipinski definition) is 1. The summed E-state index contributed by atoms with van der Waals surface area (Å²) in [6, 6.07) is 0. The summed E-state index contributed by atoms with van der Waals surface area (Å²) in [5.41, 5.74) is 0. The molecule has 0 radical (unpaired) electrons. The zero-order chi connectivity index (χ0) is 14.8. The standard InChI is InChI=1S/C11H22N6O2/c1-11(18,19-7)17(6)10-13-8(15(2)3)12-9(14-10)16(4)5/h18H,1-7H3. The molecule has 0 bridgehead atoms. The van der Waals surface area contributed by atoms with E-state index in [0.717, 1.165) is 0 Å². The lowest BCUT2D eigenvalue weighted by Crippen LogP contribution is -2.46. The first-order valence-electron chi connectivity index (χ1n) is 5.81. The van der Waals surface area contributed by atoms with Crippen molar-refractivity contribution in [1.82, 2.24) is 15.0 Å². The van der Waals surface area contributed by atoms with Gasteiger partial charge in [0.15, 0.2) is 0 Å². The van der Waals surface area contributed by atoms with Gasteiger partial charge in [0, 0.05) is 49.3 Å². The topological polar surface area (TPSA) is 77.9 Å². The highest BCUT2D eigenvalue weighted by Crippen LogP contribution is 2.21. The third kappa shape index (κ3) is 3.42. The van der Waals surface area contributed by atoms with Gasteiger partial charge in [0.05, 0.1) is 0 Å². The van der Waals surface area contributed by atoms with Crippen LogP contribution in [0.5, 0.6) is 0 Å². The lowest BCUT2D eigenvalue weighted by molar-refractivity contribution is -0.168. The fourth-order valence-electron chi connectivity index (χ4n) is 1.22. The van der Waals surface area contributed by atoms with Crippen LogP contribution in [0, 0.1) is 0 Å². The molecule has 0 spiro atoms. The SMILES string of the molecule is COC(C)(O)N(C)c1nc(N(C)C)nc(N(C)C)n1. The van der Waals surface area contributed by atoms with Crippen molar-refractivity contribution in [1.29, 1.82) is 0 Å². The van der Waals surface area contributed by atoms with E-state index in [1.807, 2.05) is 28.2 Å². The van der Waals surface area contributed by atoms with Gasteiger partial charge < -0.3 is 19.6 Å². The Bertz CT molecular complexity index is 409. The molecule has 0 aliphatic heterocycles. The summed E-state index contributed by atoms with van der Waals surface area (Å²) in [6.45, 7) is 1.52. The summed E-state index contributed by atoms with van der Waals surface area (Å²) in [5, 5.41) is 10.1. The fraction of sp³-hybridized carbons (Fsp3) is 0.727. The molecule has 19 heavy (non-hydrogen) atoms. The molecular weight excluding hydrogens is 248 g/mol. The second-order valence-electron chi connectivity index (χ2n) is 4.72. The van der Waals surface area contributed by atoms with Gasteiger partial charge in [0.2, 0.25) is 23.8 Å². The average molecular weight is 270 g/mol. The van der Waals surface area contributed by atoms with Gasteiger partial charge in [-0.05, 0) is 0 Å². The molecular formula is C11H22N6O2. The van der Waals surface area contributed by atoms with Gasteiger partial charge in [-0.15, -0.1) is 0 Å². The minimum Gasteiger partial charge on any atom is -0.349 e. The Balaban J connectivity index is 3.27. The normalized spacial score (nSPS) is 13.9. The minimum atomic E-state index is -1.49. The van der Waals surface area contributed by atoms with Crippen LogP contribution in [0.3, 0.4) is 0 Å². The largest absolute Gasteiger partial charge is 0.349 e. The highest BCUT2D eigenvalue weighted by molar-refractivity contribution is 5.45. The molecule has 1 heterocycles. The Hall–Kier alpha value is -1.67. The number of aliphatic hydroxyl groups is 1. The summed E-state index contributed by atoms with van der Waals surface area (Å²) in [6.07, 6.45) is 0. The first kappa shape index (κ1) is 15.4. The zero-order valence-corrected chi connectivity index (χ0v) is 12.5.